The van der Waals surface area contributed by atoms with E-state index in [0.717, 1.165) is 0 Å². The SMILES string of the molecule is CCOC(=O)CN1CCN(c2ccc(-c3ccc(N4C[C@H](CCC(C)=O)OC4=O)cc3F)cn2)C=N1. The molecule has 190 valence electrons. The zero-order valence-corrected chi connectivity index (χ0v) is 20.2. The highest BCUT2D eigenvalue weighted by molar-refractivity contribution is 5.90. The molecule has 1 saturated heterocycles. The number of carbonyl (C=O) groups is 3. The van der Waals surface area contributed by atoms with Crippen LogP contribution < -0.4 is 9.80 Å². The first kappa shape index (κ1) is 25.1. The number of aromatic nitrogens is 1. The van der Waals surface area contributed by atoms with Gasteiger partial charge in [-0.25, -0.2) is 14.2 Å². The van der Waals surface area contributed by atoms with E-state index in [1.165, 1.54) is 17.9 Å². The Balaban J connectivity index is 1.39. The van der Waals surface area contributed by atoms with E-state index in [1.54, 1.807) is 48.7 Å². The van der Waals surface area contributed by atoms with Gasteiger partial charge in [-0.3, -0.25) is 14.7 Å². The third kappa shape index (κ3) is 5.96. The second-order valence-electron chi connectivity index (χ2n) is 8.54. The summed E-state index contributed by atoms with van der Waals surface area (Å²) in [7, 11) is 0. The van der Waals surface area contributed by atoms with Gasteiger partial charge in [-0.2, -0.15) is 5.10 Å². The van der Waals surface area contributed by atoms with Crippen LogP contribution in [-0.4, -0.2) is 73.1 Å². The molecule has 2 aliphatic rings. The van der Waals surface area contributed by atoms with Gasteiger partial charge in [0.2, 0.25) is 0 Å². The van der Waals surface area contributed by atoms with E-state index in [9.17, 15) is 18.8 Å². The Labute approximate surface area is 208 Å². The predicted molar refractivity (Wildman–Crippen MR) is 131 cm³/mol. The third-order valence-electron chi connectivity index (χ3n) is 5.88. The number of hydrogen-bond donors (Lipinski definition) is 0. The first-order valence-corrected chi connectivity index (χ1v) is 11.8. The van der Waals surface area contributed by atoms with Crippen LogP contribution in [-0.2, 0) is 19.1 Å². The van der Waals surface area contributed by atoms with Crippen molar-refractivity contribution >= 4 is 35.7 Å². The number of halogens is 1. The molecule has 1 amide bonds. The number of anilines is 2. The molecule has 1 aromatic carbocycles. The molecule has 2 aromatic rings. The van der Waals surface area contributed by atoms with E-state index < -0.39 is 18.0 Å². The number of carbonyl (C=O) groups excluding carboxylic acids is 3. The van der Waals surface area contributed by atoms with Crippen LogP contribution in [0.2, 0.25) is 0 Å². The average Bonchev–Trinajstić information content (AvgIpc) is 3.24. The molecular weight excluding hydrogens is 469 g/mol. The summed E-state index contributed by atoms with van der Waals surface area (Å²) in [5.41, 5.74) is 1.34. The van der Waals surface area contributed by atoms with Crippen LogP contribution in [0.25, 0.3) is 11.1 Å². The number of amides is 1. The summed E-state index contributed by atoms with van der Waals surface area (Å²) in [6.45, 7) is 5.05. The largest absolute Gasteiger partial charge is 0.465 e. The van der Waals surface area contributed by atoms with Gasteiger partial charge in [0.05, 0.1) is 25.4 Å². The van der Waals surface area contributed by atoms with Gasteiger partial charge < -0.3 is 19.2 Å². The van der Waals surface area contributed by atoms with Gasteiger partial charge >= 0.3 is 12.1 Å². The number of hydrogen-bond acceptors (Lipinski definition) is 9. The highest BCUT2D eigenvalue weighted by Crippen LogP contribution is 2.30. The molecule has 10 nitrogen and oxygen atoms in total. The number of cyclic esters (lactones) is 1. The number of nitrogens with zero attached hydrogens (tertiary/aromatic N) is 5. The van der Waals surface area contributed by atoms with Crippen molar-refractivity contribution < 1.29 is 28.2 Å². The van der Waals surface area contributed by atoms with E-state index >= 15 is 0 Å². The fourth-order valence-electron chi connectivity index (χ4n) is 3.99. The Morgan fingerprint density at radius 3 is 2.69 bits per heavy atom. The quantitative estimate of drug-likeness (QED) is 0.487. The molecule has 0 radical (unpaired) electrons. The summed E-state index contributed by atoms with van der Waals surface area (Å²) in [5.74, 6) is -0.140. The van der Waals surface area contributed by atoms with Gasteiger partial charge in [0, 0.05) is 30.3 Å². The number of rotatable bonds is 9. The molecule has 36 heavy (non-hydrogen) atoms. The molecule has 0 spiro atoms. The van der Waals surface area contributed by atoms with Crippen LogP contribution in [0.3, 0.4) is 0 Å². The van der Waals surface area contributed by atoms with Gasteiger partial charge in [-0.1, -0.05) is 0 Å². The molecule has 0 saturated carbocycles. The highest BCUT2D eigenvalue weighted by Gasteiger charge is 2.32. The molecule has 1 atom stereocenters. The Morgan fingerprint density at radius 1 is 1.22 bits per heavy atom. The van der Waals surface area contributed by atoms with Gasteiger partial charge in [0.25, 0.3) is 0 Å². The van der Waals surface area contributed by atoms with Crippen molar-refractivity contribution in [3.05, 3.63) is 42.3 Å². The number of ketones is 1. The first-order valence-electron chi connectivity index (χ1n) is 11.8. The maximum atomic E-state index is 15.0. The van der Waals surface area contributed by atoms with Gasteiger partial charge in [0.1, 0.15) is 36.4 Å². The van der Waals surface area contributed by atoms with Crippen molar-refractivity contribution in [1.82, 2.24) is 9.99 Å². The number of ether oxygens (including phenoxy) is 2. The van der Waals surface area contributed by atoms with Gasteiger partial charge in [-0.05, 0) is 50.6 Å². The highest BCUT2D eigenvalue weighted by atomic mass is 19.1. The molecule has 0 N–H and O–H groups in total. The number of benzene rings is 1. The lowest BCUT2D eigenvalue weighted by Crippen LogP contribution is -2.40. The summed E-state index contributed by atoms with van der Waals surface area (Å²) in [5, 5.41) is 5.88. The molecular formula is C25H28FN5O5. The van der Waals surface area contributed by atoms with Crippen molar-refractivity contribution in [2.75, 3.05) is 42.6 Å². The molecule has 1 fully saturated rings. The molecule has 4 rings (SSSR count). The maximum absolute atomic E-state index is 15.0. The van der Waals surface area contributed by atoms with Crippen LogP contribution in [0.5, 0.6) is 0 Å². The van der Waals surface area contributed by atoms with Crippen molar-refractivity contribution in [2.45, 2.75) is 32.8 Å². The Morgan fingerprint density at radius 2 is 2.06 bits per heavy atom. The average molecular weight is 498 g/mol. The summed E-state index contributed by atoms with van der Waals surface area (Å²) >= 11 is 0. The number of hydrazone groups is 1. The minimum Gasteiger partial charge on any atom is -0.465 e. The molecule has 0 bridgehead atoms. The molecule has 11 heteroatoms. The van der Waals surface area contributed by atoms with E-state index in [0.29, 0.717) is 55.2 Å². The maximum Gasteiger partial charge on any atom is 0.414 e. The van der Waals surface area contributed by atoms with Crippen LogP contribution in [0.4, 0.5) is 20.7 Å². The van der Waals surface area contributed by atoms with Crippen molar-refractivity contribution in [3.8, 4) is 11.1 Å². The van der Waals surface area contributed by atoms with Crippen molar-refractivity contribution in [1.29, 1.82) is 0 Å². The number of esters is 1. The predicted octanol–water partition coefficient (Wildman–Crippen LogP) is 3.21. The Kier molecular flexibility index (Phi) is 7.77. The summed E-state index contributed by atoms with van der Waals surface area (Å²) < 4.78 is 25.2. The molecule has 0 unspecified atom stereocenters. The minimum atomic E-state index is -0.550. The fraction of sp³-hybridized carbons (Fsp3) is 0.400. The lowest BCUT2D eigenvalue weighted by molar-refractivity contribution is -0.144. The minimum absolute atomic E-state index is 0.0306. The normalized spacial score (nSPS) is 17.4. The Hall–Kier alpha value is -4.02. The first-order chi connectivity index (χ1) is 17.3. The monoisotopic (exact) mass is 497 g/mol. The van der Waals surface area contributed by atoms with E-state index in [4.69, 9.17) is 9.47 Å². The third-order valence-corrected chi connectivity index (χ3v) is 5.88. The number of pyridine rings is 1. The van der Waals surface area contributed by atoms with E-state index in [2.05, 4.69) is 10.1 Å². The van der Waals surface area contributed by atoms with Crippen LogP contribution in [0, 0.1) is 5.82 Å². The summed E-state index contributed by atoms with van der Waals surface area (Å²) in [4.78, 5) is 42.7. The van der Waals surface area contributed by atoms with Crippen molar-refractivity contribution in [2.24, 2.45) is 5.10 Å². The standard InChI is InChI=1S/C25H28FN5O5/c1-3-35-24(33)15-30-11-10-29(16-28-30)23-9-5-18(13-27-23)21-8-6-19(12-22(21)26)31-14-20(36-25(31)34)7-4-17(2)32/h5-6,8-9,12-13,16,20H,3-4,7,10-11,14-15H2,1-2H3/t20-/m0/s1. The van der Waals surface area contributed by atoms with E-state index in [1.807, 2.05) is 4.90 Å². The van der Waals surface area contributed by atoms with E-state index in [-0.39, 0.29) is 24.8 Å². The van der Waals surface area contributed by atoms with Crippen LogP contribution in [0.1, 0.15) is 26.7 Å². The Bertz CT molecular complexity index is 1160. The smallest absolute Gasteiger partial charge is 0.414 e. The molecule has 3 heterocycles. The zero-order chi connectivity index (χ0) is 25.7. The lowest BCUT2D eigenvalue weighted by Gasteiger charge is -2.28. The molecule has 0 aliphatic carbocycles. The van der Waals surface area contributed by atoms with Gasteiger partial charge in [-0.15, -0.1) is 0 Å². The topological polar surface area (TPSA) is 105 Å². The second kappa shape index (κ2) is 11.1. The molecule has 2 aliphatic heterocycles. The van der Waals surface area contributed by atoms with Gasteiger partial charge in [0.15, 0.2) is 0 Å². The number of Topliss-reactive ketones (excluding diaryl/α,β-unsaturated/α-hetero) is 1. The second-order valence-corrected chi connectivity index (χ2v) is 8.54. The van der Waals surface area contributed by atoms with Crippen molar-refractivity contribution in [3.63, 3.8) is 0 Å². The summed E-state index contributed by atoms with van der Waals surface area (Å²) in [6, 6.07) is 8.10. The lowest BCUT2D eigenvalue weighted by atomic mass is 10.1. The van der Waals surface area contributed by atoms with Crippen LogP contribution >= 0.6 is 0 Å². The zero-order valence-electron chi connectivity index (χ0n) is 20.2. The fourth-order valence-corrected chi connectivity index (χ4v) is 3.99. The summed E-state index contributed by atoms with van der Waals surface area (Å²) in [6.07, 6.45) is 3.01. The van der Waals surface area contributed by atoms with Crippen LogP contribution in [0.15, 0.2) is 41.6 Å². The molecule has 1 aromatic heterocycles.